The molecule has 0 amide bonds. The number of carboxylic acid groups (broad SMARTS) is 1. The molecule has 0 spiro atoms. The molecule has 2 aliphatic rings. The third-order valence-electron chi connectivity index (χ3n) is 5.35. The monoisotopic (exact) mass is 303 g/mol. The van der Waals surface area contributed by atoms with E-state index in [-0.39, 0.29) is 0 Å². The fourth-order valence-electron chi connectivity index (χ4n) is 4.06. The van der Waals surface area contributed by atoms with Gasteiger partial charge in [-0.15, -0.1) is 0 Å². The highest BCUT2D eigenvalue weighted by molar-refractivity contribution is 5.76. The molecule has 2 atom stereocenters. The van der Waals surface area contributed by atoms with Crippen LogP contribution in [0.1, 0.15) is 31.7 Å². The summed E-state index contributed by atoms with van der Waals surface area (Å²) in [6.45, 7) is 5.15. The lowest BCUT2D eigenvalue weighted by Crippen LogP contribution is -2.36. The van der Waals surface area contributed by atoms with Crippen molar-refractivity contribution in [3.63, 3.8) is 0 Å². The van der Waals surface area contributed by atoms with Gasteiger partial charge in [-0.2, -0.15) is 0 Å². The highest BCUT2D eigenvalue weighted by Crippen LogP contribution is 2.48. The van der Waals surface area contributed by atoms with Gasteiger partial charge < -0.3 is 9.84 Å². The van der Waals surface area contributed by atoms with Gasteiger partial charge in [0.05, 0.1) is 5.41 Å². The standard InChI is InChI=1S/C18H25NO3/c1-2-14-5-3-7-16(11-14)22-10-9-19-12-15-6-4-8-18(15,13-19)17(20)21/h3,5,7,11,15H,2,4,6,8-10,12-13H2,1H3,(H,20,21)/t15-,18+/m0/s1. The number of aryl methyl sites for hydroxylation is 1. The molecule has 1 heterocycles. The summed E-state index contributed by atoms with van der Waals surface area (Å²) in [5, 5.41) is 9.60. The van der Waals surface area contributed by atoms with Gasteiger partial charge in [0.2, 0.25) is 0 Å². The maximum atomic E-state index is 11.7. The molecule has 22 heavy (non-hydrogen) atoms. The van der Waals surface area contributed by atoms with Crippen LogP contribution in [0.25, 0.3) is 0 Å². The van der Waals surface area contributed by atoms with Crippen molar-refractivity contribution in [2.24, 2.45) is 11.3 Å². The third kappa shape index (κ3) is 2.84. The van der Waals surface area contributed by atoms with Crippen molar-refractivity contribution in [3.8, 4) is 5.75 Å². The van der Waals surface area contributed by atoms with Crippen molar-refractivity contribution < 1.29 is 14.6 Å². The van der Waals surface area contributed by atoms with Crippen molar-refractivity contribution in [2.75, 3.05) is 26.2 Å². The van der Waals surface area contributed by atoms with E-state index in [0.29, 0.717) is 19.1 Å². The van der Waals surface area contributed by atoms with Crippen molar-refractivity contribution in [1.82, 2.24) is 4.90 Å². The molecule has 4 nitrogen and oxygen atoms in total. The summed E-state index contributed by atoms with van der Waals surface area (Å²) in [6.07, 6.45) is 3.96. The molecule has 1 aromatic carbocycles. The van der Waals surface area contributed by atoms with Gasteiger partial charge in [-0.3, -0.25) is 9.69 Å². The fourth-order valence-corrected chi connectivity index (χ4v) is 4.06. The van der Waals surface area contributed by atoms with E-state index in [1.807, 2.05) is 12.1 Å². The number of hydrogen-bond donors (Lipinski definition) is 1. The number of aliphatic carboxylic acids is 1. The van der Waals surface area contributed by atoms with Crippen LogP contribution in [0.3, 0.4) is 0 Å². The molecule has 0 bridgehead atoms. The average Bonchev–Trinajstić information content (AvgIpc) is 3.05. The van der Waals surface area contributed by atoms with Crippen LogP contribution < -0.4 is 4.74 Å². The zero-order valence-electron chi connectivity index (χ0n) is 13.3. The maximum Gasteiger partial charge on any atom is 0.311 e. The lowest BCUT2D eigenvalue weighted by molar-refractivity contribution is -0.149. The quantitative estimate of drug-likeness (QED) is 0.878. The van der Waals surface area contributed by atoms with Gasteiger partial charge >= 0.3 is 5.97 Å². The van der Waals surface area contributed by atoms with Gasteiger partial charge in [-0.1, -0.05) is 25.5 Å². The van der Waals surface area contributed by atoms with Crippen LogP contribution in [-0.2, 0) is 11.2 Å². The van der Waals surface area contributed by atoms with E-state index in [1.54, 1.807) is 0 Å². The Morgan fingerprint density at radius 2 is 2.36 bits per heavy atom. The zero-order valence-corrected chi connectivity index (χ0v) is 13.3. The Balaban J connectivity index is 1.52. The van der Waals surface area contributed by atoms with Crippen molar-refractivity contribution in [3.05, 3.63) is 29.8 Å². The Bertz CT molecular complexity index is 545. The van der Waals surface area contributed by atoms with Crippen LogP contribution in [0.2, 0.25) is 0 Å². The topological polar surface area (TPSA) is 49.8 Å². The molecule has 2 fully saturated rings. The number of carboxylic acids is 1. The van der Waals surface area contributed by atoms with E-state index < -0.39 is 11.4 Å². The molecule has 1 saturated heterocycles. The molecule has 0 aromatic heterocycles. The molecule has 0 unspecified atom stereocenters. The van der Waals surface area contributed by atoms with Crippen LogP contribution >= 0.6 is 0 Å². The van der Waals surface area contributed by atoms with Crippen molar-refractivity contribution in [2.45, 2.75) is 32.6 Å². The minimum absolute atomic E-state index is 0.327. The molecule has 1 aliphatic carbocycles. The van der Waals surface area contributed by atoms with Crippen LogP contribution in [0.5, 0.6) is 5.75 Å². The zero-order chi connectivity index (χ0) is 15.6. The SMILES string of the molecule is CCc1cccc(OCCN2C[C@@H]3CCC[C@@]3(C(=O)O)C2)c1. The molecular formula is C18H25NO3. The van der Waals surface area contributed by atoms with Gasteiger partial charge in [-0.05, 0) is 42.9 Å². The first-order chi connectivity index (χ1) is 10.6. The van der Waals surface area contributed by atoms with Crippen LogP contribution in [0, 0.1) is 11.3 Å². The Labute approximate surface area is 132 Å². The largest absolute Gasteiger partial charge is 0.492 e. The Hall–Kier alpha value is -1.55. The van der Waals surface area contributed by atoms with Gasteiger partial charge in [0, 0.05) is 19.6 Å². The highest BCUT2D eigenvalue weighted by Gasteiger charge is 2.54. The lowest BCUT2D eigenvalue weighted by Gasteiger charge is -2.23. The van der Waals surface area contributed by atoms with E-state index in [9.17, 15) is 9.90 Å². The molecule has 1 aliphatic heterocycles. The summed E-state index contributed by atoms with van der Waals surface area (Å²) < 4.78 is 5.84. The molecule has 0 radical (unpaired) electrons. The first kappa shape index (κ1) is 15.3. The molecule has 3 rings (SSSR count). The highest BCUT2D eigenvalue weighted by atomic mass is 16.5. The second kappa shape index (κ2) is 6.29. The van der Waals surface area contributed by atoms with E-state index in [4.69, 9.17) is 4.74 Å². The normalized spacial score (nSPS) is 27.8. The molecule has 1 aromatic rings. The predicted molar refractivity (Wildman–Crippen MR) is 85.2 cm³/mol. The molecule has 4 heteroatoms. The summed E-state index contributed by atoms with van der Waals surface area (Å²) in [5.41, 5.74) is 0.792. The number of hydrogen-bond acceptors (Lipinski definition) is 3. The Kier molecular flexibility index (Phi) is 4.39. The van der Waals surface area contributed by atoms with E-state index in [0.717, 1.165) is 44.5 Å². The summed E-state index contributed by atoms with van der Waals surface area (Å²) >= 11 is 0. The Morgan fingerprint density at radius 1 is 1.50 bits per heavy atom. The molecule has 1 saturated carbocycles. The molecular weight excluding hydrogens is 278 g/mol. The summed E-state index contributed by atoms with van der Waals surface area (Å²) in [6, 6.07) is 8.19. The van der Waals surface area contributed by atoms with Crippen LogP contribution in [0.15, 0.2) is 24.3 Å². The summed E-state index contributed by atoms with van der Waals surface area (Å²) in [5.74, 6) is 0.633. The first-order valence-electron chi connectivity index (χ1n) is 8.31. The summed E-state index contributed by atoms with van der Waals surface area (Å²) in [7, 11) is 0. The maximum absolute atomic E-state index is 11.7. The molecule has 120 valence electrons. The van der Waals surface area contributed by atoms with Gasteiger partial charge in [0.1, 0.15) is 12.4 Å². The second-order valence-electron chi connectivity index (χ2n) is 6.63. The number of carbonyl (C=O) groups is 1. The van der Waals surface area contributed by atoms with Crippen molar-refractivity contribution in [1.29, 1.82) is 0 Å². The van der Waals surface area contributed by atoms with Gasteiger partial charge in [0.25, 0.3) is 0 Å². The average molecular weight is 303 g/mol. The van der Waals surface area contributed by atoms with Gasteiger partial charge in [-0.25, -0.2) is 0 Å². The molecule has 1 N–H and O–H groups in total. The first-order valence-corrected chi connectivity index (χ1v) is 8.31. The number of likely N-dealkylation sites (tertiary alicyclic amines) is 1. The minimum Gasteiger partial charge on any atom is -0.492 e. The van der Waals surface area contributed by atoms with Crippen LogP contribution in [-0.4, -0.2) is 42.2 Å². The van der Waals surface area contributed by atoms with E-state index in [2.05, 4.69) is 24.0 Å². The van der Waals surface area contributed by atoms with E-state index >= 15 is 0 Å². The number of ether oxygens (including phenoxy) is 1. The summed E-state index contributed by atoms with van der Waals surface area (Å²) in [4.78, 5) is 13.9. The second-order valence-corrected chi connectivity index (χ2v) is 6.63. The minimum atomic E-state index is -0.603. The van der Waals surface area contributed by atoms with Crippen LogP contribution in [0.4, 0.5) is 0 Å². The van der Waals surface area contributed by atoms with Gasteiger partial charge in [0.15, 0.2) is 0 Å². The third-order valence-corrected chi connectivity index (χ3v) is 5.35. The number of fused-ring (bicyclic) bond motifs is 1. The lowest BCUT2D eigenvalue weighted by atomic mass is 9.81. The van der Waals surface area contributed by atoms with Crippen molar-refractivity contribution >= 4 is 5.97 Å². The number of nitrogens with zero attached hydrogens (tertiary/aromatic N) is 1. The number of benzene rings is 1. The smallest absolute Gasteiger partial charge is 0.311 e. The fraction of sp³-hybridized carbons (Fsp3) is 0.611. The van der Waals surface area contributed by atoms with E-state index in [1.165, 1.54) is 5.56 Å². The predicted octanol–water partition coefficient (Wildman–Crippen LogP) is 2.81. The number of rotatable bonds is 6. The Morgan fingerprint density at radius 3 is 3.09 bits per heavy atom.